The summed E-state index contributed by atoms with van der Waals surface area (Å²) < 4.78 is 5.25. The second kappa shape index (κ2) is 12.6. The highest BCUT2D eigenvalue weighted by molar-refractivity contribution is 5.88. The van der Waals surface area contributed by atoms with Crippen LogP contribution in [0.5, 0.6) is 5.75 Å². The average Bonchev–Trinajstić information content (AvgIpc) is 2.36. The third-order valence-electron chi connectivity index (χ3n) is 1.49. The van der Waals surface area contributed by atoms with Gasteiger partial charge in [-0.1, -0.05) is 27.7 Å². The summed E-state index contributed by atoms with van der Waals surface area (Å²) in [5.74, 6) is 0.751. The summed E-state index contributed by atoms with van der Waals surface area (Å²) in [6.45, 7) is 12.1. The van der Waals surface area contributed by atoms with Gasteiger partial charge in [0.05, 0.1) is 6.61 Å². The molecule has 0 aliphatic rings. The fraction of sp³-hybridized carbons (Fsp3) is 0.500. The van der Waals surface area contributed by atoms with Gasteiger partial charge in [0.15, 0.2) is 0 Å². The molecule has 0 heterocycles. The van der Waals surface area contributed by atoms with Crippen molar-refractivity contribution in [3.8, 4) is 5.75 Å². The molecule has 98 valence electrons. The summed E-state index contributed by atoms with van der Waals surface area (Å²) in [5, 5.41) is 2.68. The predicted molar refractivity (Wildman–Crippen MR) is 74.6 cm³/mol. The molecule has 1 N–H and O–H groups in total. The molecule has 3 heteroatoms. The molecule has 0 saturated heterocycles. The van der Waals surface area contributed by atoms with Crippen LogP contribution in [-0.2, 0) is 4.79 Å². The first-order chi connectivity index (χ1) is 8.22. The number of amides is 1. The molecular weight excluding hydrogens is 214 g/mol. The molecule has 3 nitrogen and oxygen atoms in total. The highest BCUT2D eigenvalue weighted by atomic mass is 16.5. The summed E-state index contributed by atoms with van der Waals surface area (Å²) >= 11 is 0. The number of hydrogen-bond acceptors (Lipinski definition) is 2. The molecule has 1 amide bonds. The van der Waals surface area contributed by atoms with Crippen molar-refractivity contribution in [2.45, 2.75) is 41.5 Å². The third kappa shape index (κ3) is 9.42. The van der Waals surface area contributed by atoms with Crippen LogP contribution in [0.15, 0.2) is 24.3 Å². The lowest BCUT2D eigenvalue weighted by Gasteiger charge is -2.04. The molecule has 0 unspecified atom stereocenters. The van der Waals surface area contributed by atoms with E-state index in [1.165, 1.54) is 6.92 Å². The van der Waals surface area contributed by atoms with E-state index in [4.69, 9.17) is 4.74 Å². The Morgan fingerprint density at radius 1 is 1.12 bits per heavy atom. The van der Waals surface area contributed by atoms with Gasteiger partial charge in [0.25, 0.3) is 0 Å². The Bertz CT molecular complexity index is 281. The van der Waals surface area contributed by atoms with Gasteiger partial charge in [-0.15, -0.1) is 0 Å². The smallest absolute Gasteiger partial charge is 0.221 e. The Kier molecular flexibility index (Phi) is 13.2. The first-order valence-corrected chi connectivity index (χ1v) is 6.23. The Morgan fingerprint density at radius 2 is 1.59 bits per heavy atom. The van der Waals surface area contributed by atoms with Gasteiger partial charge >= 0.3 is 0 Å². The molecule has 0 aliphatic heterocycles. The van der Waals surface area contributed by atoms with Crippen molar-refractivity contribution >= 4 is 11.6 Å². The number of ether oxygens (including phenoxy) is 1. The largest absolute Gasteiger partial charge is 0.494 e. The van der Waals surface area contributed by atoms with Gasteiger partial charge in [0.1, 0.15) is 5.75 Å². The number of nitrogens with one attached hydrogen (secondary N) is 1. The predicted octanol–water partition coefficient (Wildman–Crippen LogP) is 4.10. The zero-order chi connectivity index (χ0) is 13.7. The zero-order valence-electron chi connectivity index (χ0n) is 11.8. The van der Waals surface area contributed by atoms with Crippen LogP contribution in [0, 0.1) is 0 Å². The topological polar surface area (TPSA) is 38.3 Å². The quantitative estimate of drug-likeness (QED) is 0.862. The number of benzene rings is 1. The number of carbonyl (C=O) groups excluding carboxylic acids is 1. The monoisotopic (exact) mass is 239 g/mol. The Balaban J connectivity index is 0. The van der Waals surface area contributed by atoms with Gasteiger partial charge in [-0.3, -0.25) is 4.79 Å². The van der Waals surface area contributed by atoms with E-state index in [1.54, 1.807) is 0 Å². The molecule has 1 rings (SSSR count). The first-order valence-electron chi connectivity index (χ1n) is 6.23. The van der Waals surface area contributed by atoms with Crippen LogP contribution in [0.3, 0.4) is 0 Å². The molecule has 0 aliphatic carbocycles. The molecule has 1 aromatic carbocycles. The maximum atomic E-state index is 10.7. The molecule has 0 fully saturated rings. The molecule has 0 spiro atoms. The number of carbonyl (C=O) groups is 1. The van der Waals surface area contributed by atoms with Crippen LogP contribution in [-0.4, -0.2) is 12.5 Å². The maximum Gasteiger partial charge on any atom is 0.221 e. The van der Waals surface area contributed by atoms with Crippen molar-refractivity contribution < 1.29 is 9.53 Å². The van der Waals surface area contributed by atoms with Crippen LogP contribution in [0.2, 0.25) is 0 Å². The van der Waals surface area contributed by atoms with Crippen molar-refractivity contribution in [2.75, 3.05) is 11.9 Å². The molecular formula is C14H25NO2. The minimum absolute atomic E-state index is 0.0656. The summed E-state index contributed by atoms with van der Waals surface area (Å²) in [6.07, 6.45) is 0. The van der Waals surface area contributed by atoms with Gasteiger partial charge in [-0.25, -0.2) is 0 Å². The third-order valence-corrected chi connectivity index (χ3v) is 1.49. The Labute approximate surface area is 105 Å². The van der Waals surface area contributed by atoms with Gasteiger partial charge in [-0.2, -0.15) is 0 Å². The lowest BCUT2D eigenvalue weighted by atomic mass is 10.3. The van der Waals surface area contributed by atoms with E-state index in [-0.39, 0.29) is 5.91 Å². The van der Waals surface area contributed by atoms with Crippen LogP contribution in [0.4, 0.5) is 5.69 Å². The second-order valence-electron chi connectivity index (χ2n) is 2.64. The van der Waals surface area contributed by atoms with E-state index in [2.05, 4.69) is 5.32 Å². The standard InChI is InChI=1S/C10H13NO2.2C2H6/c1-3-13-10-6-4-9(5-7-10)11-8(2)12;2*1-2/h4-7H,3H2,1-2H3,(H,11,12);2*1-2H3. The van der Waals surface area contributed by atoms with E-state index in [0.717, 1.165) is 11.4 Å². The van der Waals surface area contributed by atoms with Crippen LogP contribution in [0.25, 0.3) is 0 Å². The Morgan fingerprint density at radius 3 is 1.94 bits per heavy atom. The van der Waals surface area contributed by atoms with Gasteiger partial charge in [-0.05, 0) is 31.2 Å². The normalized spacial score (nSPS) is 7.88. The van der Waals surface area contributed by atoms with Crippen molar-refractivity contribution in [2.24, 2.45) is 0 Å². The van der Waals surface area contributed by atoms with E-state index in [0.29, 0.717) is 6.61 Å². The molecule has 0 atom stereocenters. The van der Waals surface area contributed by atoms with Gasteiger partial charge in [0, 0.05) is 12.6 Å². The van der Waals surface area contributed by atoms with E-state index >= 15 is 0 Å². The SMILES string of the molecule is CC.CC.CCOc1ccc(NC(C)=O)cc1. The van der Waals surface area contributed by atoms with Crippen molar-refractivity contribution in [3.05, 3.63) is 24.3 Å². The van der Waals surface area contributed by atoms with E-state index in [9.17, 15) is 4.79 Å². The lowest BCUT2D eigenvalue weighted by molar-refractivity contribution is -0.114. The zero-order valence-corrected chi connectivity index (χ0v) is 11.8. The molecule has 0 aromatic heterocycles. The fourth-order valence-corrected chi connectivity index (χ4v) is 1.00. The van der Waals surface area contributed by atoms with E-state index in [1.807, 2.05) is 58.9 Å². The highest BCUT2D eigenvalue weighted by Gasteiger charge is 1.95. The van der Waals surface area contributed by atoms with Crippen LogP contribution >= 0.6 is 0 Å². The summed E-state index contributed by atoms with van der Waals surface area (Å²) in [5.41, 5.74) is 0.788. The Hall–Kier alpha value is -1.51. The summed E-state index contributed by atoms with van der Waals surface area (Å²) in [4.78, 5) is 10.7. The fourth-order valence-electron chi connectivity index (χ4n) is 1.00. The average molecular weight is 239 g/mol. The van der Waals surface area contributed by atoms with Gasteiger partial charge < -0.3 is 10.1 Å². The molecule has 0 saturated carbocycles. The maximum absolute atomic E-state index is 10.7. The minimum Gasteiger partial charge on any atom is -0.494 e. The second-order valence-corrected chi connectivity index (χ2v) is 2.64. The summed E-state index contributed by atoms with van der Waals surface area (Å²) in [7, 11) is 0. The van der Waals surface area contributed by atoms with Crippen LogP contribution < -0.4 is 10.1 Å². The molecule has 1 aromatic rings. The summed E-state index contributed by atoms with van der Waals surface area (Å²) in [6, 6.07) is 7.28. The number of anilines is 1. The molecule has 0 bridgehead atoms. The van der Waals surface area contributed by atoms with Gasteiger partial charge in [0.2, 0.25) is 5.91 Å². The van der Waals surface area contributed by atoms with E-state index < -0.39 is 0 Å². The number of hydrogen-bond donors (Lipinski definition) is 1. The van der Waals surface area contributed by atoms with Crippen molar-refractivity contribution in [3.63, 3.8) is 0 Å². The van der Waals surface area contributed by atoms with Crippen LogP contribution in [0.1, 0.15) is 41.5 Å². The highest BCUT2D eigenvalue weighted by Crippen LogP contribution is 2.15. The number of rotatable bonds is 3. The first kappa shape index (κ1) is 17.9. The lowest BCUT2D eigenvalue weighted by Crippen LogP contribution is -2.05. The van der Waals surface area contributed by atoms with Crippen molar-refractivity contribution in [1.29, 1.82) is 0 Å². The van der Waals surface area contributed by atoms with Crippen molar-refractivity contribution in [1.82, 2.24) is 0 Å². The minimum atomic E-state index is -0.0656. The molecule has 17 heavy (non-hydrogen) atoms. The molecule has 0 radical (unpaired) electrons.